The van der Waals surface area contributed by atoms with Gasteiger partial charge in [-0.2, -0.15) is 4.72 Å². The topological polar surface area (TPSA) is 66.5 Å². The summed E-state index contributed by atoms with van der Waals surface area (Å²) in [5, 5.41) is 0. The van der Waals surface area contributed by atoms with Crippen molar-refractivity contribution in [3.8, 4) is 0 Å². The normalized spacial score (nSPS) is 12.6. The van der Waals surface area contributed by atoms with Crippen molar-refractivity contribution in [2.24, 2.45) is 0 Å². The number of sulfonamides is 1. The first-order valence-corrected chi connectivity index (χ1v) is 10.7. The molecule has 0 saturated heterocycles. The zero-order valence-electron chi connectivity index (χ0n) is 16.2. The first kappa shape index (κ1) is 21.1. The molecule has 0 aromatic heterocycles. The molecule has 2 rings (SSSR count). The molecule has 2 aromatic rings. The first-order chi connectivity index (χ1) is 12.8. The van der Waals surface area contributed by atoms with Gasteiger partial charge in [-0.3, -0.25) is 4.79 Å². The van der Waals surface area contributed by atoms with Crippen LogP contribution in [0, 0.1) is 6.92 Å². The molecular formula is C21H28N2O3S. The van der Waals surface area contributed by atoms with Crippen LogP contribution in [0.5, 0.6) is 0 Å². The third kappa shape index (κ3) is 6.48. The lowest BCUT2D eigenvalue weighted by molar-refractivity contribution is -0.131. The van der Waals surface area contributed by atoms with Gasteiger partial charge in [0.25, 0.3) is 0 Å². The van der Waals surface area contributed by atoms with E-state index in [4.69, 9.17) is 0 Å². The fourth-order valence-corrected chi connectivity index (χ4v) is 4.03. The van der Waals surface area contributed by atoms with Crippen LogP contribution in [0.2, 0.25) is 0 Å². The lowest BCUT2D eigenvalue weighted by atomic mass is 10.1. The van der Waals surface area contributed by atoms with Gasteiger partial charge in [-0.05, 0) is 50.8 Å². The highest BCUT2D eigenvalue weighted by molar-refractivity contribution is 7.89. The van der Waals surface area contributed by atoms with Gasteiger partial charge < -0.3 is 4.90 Å². The van der Waals surface area contributed by atoms with Gasteiger partial charge in [-0.1, -0.05) is 48.0 Å². The molecule has 6 heteroatoms. The summed E-state index contributed by atoms with van der Waals surface area (Å²) in [6, 6.07) is 16.0. The number of benzene rings is 2. The van der Waals surface area contributed by atoms with Crippen LogP contribution >= 0.6 is 0 Å². The van der Waals surface area contributed by atoms with Gasteiger partial charge in [-0.15, -0.1) is 0 Å². The summed E-state index contributed by atoms with van der Waals surface area (Å²) in [7, 11) is -2.00. The lowest BCUT2D eigenvalue weighted by Crippen LogP contribution is -2.45. The standard InChI is InChI=1S/C21H28N2O3S/c1-17-12-14-20(15-13-17)27(25,26)22-18(2)21(24)23(3)16-8-7-11-19-9-5-4-6-10-19/h4-6,9-10,12-15,18,22H,7-8,11,16H2,1-3H3/t18-/m0/s1. The number of carbonyl (C=O) groups excluding carboxylic acids is 1. The van der Waals surface area contributed by atoms with Gasteiger partial charge in [0.15, 0.2) is 0 Å². The van der Waals surface area contributed by atoms with E-state index in [0.29, 0.717) is 6.54 Å². The Kier molecular flexibility index (Phi) is 7.56. The lowest BCUT2D eigenvalue weighted by Gasteiger charge is -2.22. The maximum absolute atomic E-state index is 12.5. The Morgan fingerprint density at radius 1 is 1.04 bits per heavy atom. The van der Waals surface area contributed by atoms with Gasteiger partial charge >= 0.3 is 0 Å². The summed E-state index contributed by atoms with van der Waals surface area (Å²) in [4.78, 5) is 14.2. The van der Waals surface area contributed by atoms with E-state index in [2.05, 4.69) is 16.9 Å². The van der Waals surface area contributed by atoms with Crippen molar-refractivity contribution in [3.05, 3.63) is 65.7 Å². The van der Waals surface area contributed by atoms with Crippen molar-refractivity contribution >= 4 is 15.9 Å². The number of hydrogen-bond donors (Lipinski definition) is 1. The molecule has 0 aliphatic rings. The highest BCUT2D eigenvalue weighted by atomic mass is 32.2. The fraction of sp³-hybridized carbons (Fsp3) is 0.381. The number of rotatable bonds is 9. The predicted octanol–water partition coefficient (Wildman–Crippen LogP) is 3.14. The molecule has 146 valence electrons. The minimum absolute atomic E-state index is 0.165. The molecule has 0 heterocycles. The number of amides is 1. The van der Waals surface area contributed by atoms with E-state index < -0.39 is 16.1 Å². The van der Waals surface area contributed by atoms with Crippen LogP contribution in [0.3, 0.4) is 0 Å². The first-order valence-electron chi connectivity index (χ1n) is 9.17. The number of unbranched alkanes of at least 4 members (excludes halogenated alkanes) is 1. The minimum atomic E-state index is -3.71. The van der Waals surface area contributed by atoms with Crippen molar-refractivity contribution in [1.29, 1.82) is 0 Å². The van der Waals surface area contributed by atoms with E-state index in [-0.39, 0.29) is 10.8 Å². The Morgan fingerprint density at radius 2 is 1.67 bits per heavy atom. The van der Waals surface area contributed by atoms with E-state index >= 15 is 0 Å². The molecule has 0 unspecified atom stereocenters. The average Bonchev–Trinajstić information content (AvgIpc) is 2.65. The second-order valence-electron chi connectivity index (χ2n) is 6.86. The van der Waals surface area contributed by atoms with Crippen LogP contribution < -0.4 is 4.72 Å². The zero-order valence-corrected chi connectivity index (χ0v) is 17.0. The molecule has 0 spiro atoms. The van der Waals surface area contributed by atoms with E-state index in [9.17, 15) is 13.2 Å². The second-order valence-corrected chi connectivity index (χ2v) is 8.57. The highest BCUT2D eigenvalue weighted by Crippen LogP contribution is 2.11. The number of carbonyl (C=O) groups is 1. The number of nitrogens with one attached hydrogen (secondary N) is 1. The van der Waals surface area contributed by atoms with Crippen molar-refractivity contribution in [1.82, 2.24) is 9.62 Å². The number of nitrogens with zero attached hydrogens (tertiary/aromatic N) is 1. The van der Waals surface area contributed by atoms with Crippen LogP contribution in [0.25, 0.3) is 0 Å². The van der Waals surface area contributed by atoms with E-state index in [1.54, 1.807) is 43.1 Å². The van der Waals surface area contributed by atoms with E-state index in [1.807, 2.05) is 25.1 Å². The van der Waals surface area contributed by atoms with Crippen LogP contribution in [-0.4, -0.2) is 38.9 Å². The van der Waals surface area contributed by atoms with E-state index in [0.717, 1.165) is 24.8 Å². The summed E-state index contributed by atoms with van der Waals surface area (Å²) in [6.45, 7) is 4.07. The minimum Gasteiger partial charge on any atom is -0.344 e. The summed E-state index contributed by atoms with van der Waals surface area (Å²) in [6.07, 6.45) is 2.82. The Hall–Kier alpha value is -2.18. The molecule has 1 amide bonds. The molecular weight excluding hydrogens is 360 g/mol. The molecule has 0 radical (unpaired) electrons. The van der Waals surface area contributed by atoms with Gasteiger partial charge in [0.05, 0.1) is 10.9 Å². The van der Waals surface area contributed by atoms with Crippen LogP contribution in [0.15, 0.2) is 59.5 Å². The number of aryl methyl sites for hydroxylation is 2. The summed E-state index contributed by atoms with van der Waals surface area (Å²) < 4.78 is 27.3. The Balaban J connectivity index is 1.81. The summed E-state index contributed by atoms with van der Waals surface area (Å²) >= 11 is 0. The average molecular weight is 389 g/mol. The monoisotopic (exact) mass is 388 g/mol. The van der Waals surface area contributed by atoms with Crippen molar-refractivity contribution in [2.75, 3.05) is 13.6 Å². The number of likely N-dealkylation sites (N-methyl/N-ethyl adjacent to an activating group) is 1. The van der Waals surface area contributed by atoms with E-state index in [1.165, 1.54) is 5.56 Å². The molecule has 2 aromatic carbocycles. The van der Waals surface area contributed by atoms with Crippen molar-refractivity contribution in [3.63, 3.8) is 0 Å². The van der Waals surface area contributed by atoms with Crippen molar-refractivity contribution in [2.45, 2.75) is 44.0 Å². The molecule has 27 heavy (non-hydrogen) atoms. The summed E-state index contributed by atoms with van der Waals surface area (Å²) in [5.74, 6) is -0.231. The predicted molar refractivity (Wildman–Crippen MR) is 108 cm³/mol. The van der Waals surface area contributed by atoms with Gasteiger partial charge in [0, 0.05) is 13.6 Å². The zero-order chi connectivity index (χ0) is 19.9. The third-order valence-electron chi connectivity index (χ3n) is 4.46. The van der Waals surface area contributed by atoms with Crippen LogP contribution in [0.1, 0.15) is 30.9 Å². The quantitative estimate of drug-likeness (QED) is 0.671. The largest absolute Gasteiger partial charge is 0.344 e. The Labute approximate surface area is 162 Å². The van der Waals surface area contributed by atoms with Gasteiger partial charge in [0.2, 0.25) is 15.9 Å². The second kappa shape index (κ2) is 9.67. The molecule has 0 fully saturated rings. The SMILES string of the molecule is Cc1ccc(S(=O)(=O)N[C@@H](C)C(=O)N(C)CCCCc2ccccc2)cc1. The summed E-state index contributed by atoms with van der Waals surface area (Å²) in [5.41, 5.74) is 2.26. The van der Waals surface area contributed by atoms with Gasteiger partial charge in [-0.25, -0.2) is 8.42 Å². The Morgan fingerprint density at radius 3 is 2.30 bits per heavy atom. The molecule has 1 N–H and O–H groups in total. The van der Waals surface area contributed by atoms with Gasteiger partial charge in [0.1, 0.15) is 0 Å². The maximum Gasteiger partial charge on any atom is 0.241 e. The van der Waals surface area contributed by atoms with Crippen LogP contribution in [-0.2, 0) is 21.2 Å². The fourth-order valence-electron chi connectivity index (χ4n) is 2.83. The maximum atomic E-state index is 12.5. The molecule has 0 saturated carbocycles. The Bertz CT molecular complexity index is 833. The molecule has 0 aliphatic carbocycles. The molecule has 0 aliphatic heterocycles. The molecule has 5 nitrogen and oxygen atoms in total. The van der Waals surface area contributed by atoms with Crippen LogP contribution in [0.4, 0.5) is 0 Å². The van der Waals surface area contributed by atoms with Crippen molar-refractivity contribution < 1.29 is 13.2 Å². The molecule has 1 atom stereocenters. The third-order valence-corrected chi connectivity index (χ3v) is 6.02. The smallest absolute Gasteiger partial charge is 0.241 e. The number of hydrogen-bond acceptors (Lipinski definition) is 3. The molecule has 0 bridgehead atoms. The highest BCUT2D eigenvalue weighted by Gasteiger charge is 2.24.